The van der Waals surface area contributed by atoms with Crippen molar-refractivity contribution in [1.82, 2.24) is 4.98 Å². The summed E-state index contributed by atoms with van der Waals surface area (Å²) in [6.45, 7) is 1.74. The van der Waals surface area contributed by atoms with E-state index in [4.69, 9.17) is 4.74 Å². The smallest absolute Gasteiger partial charge is 0.294 e. The Morgan fingerprint density at radius 2 is 1.72 bits per heavy atom. The number of carbonyl (C=O) groups is 2. The topological polar surface area (TPSA) is 100.0 Å². The van der Waals surface area contributed by atoms with Crippen molar-refractivity contribution >= 4 is 28.7 Å². The molecule has 2 heterocycles. The van der Waals surface area contributed by atoms with Gasteiger partial charge in [0.05, 0.1) is 29.3 Å². The number of aromatic nitrogens is 1. The van der Waals surface area contributed by atoms with Gasteiger partial charge in [0.2, 0.25) is 5.78 Å². The lowest BCUT2D eigenvalue weighted by Gasteiger charge is -2.27. The molecule has 0 saturated carbocycles. The third-order valence-corrected chi connectivity index (χ3v) is 7.22. The summed E-state index contributed by atoms with van der Waals surface area (Å²) in [5.41, 5.74) is 2.36. The number of Topliss-reactive ketones (excluding diaryl/α,β-unsaturated/α-hetero) is 1. The molecule has 0 radical (unpaired) electrons. The Labute approximate surface area is 211 Å². The monoisotopic (exact) mass is 498 g/mol. The number of carbonyl (C=O) groups excluding carboxylic acids is 2. The molecule has 180 valence electrons. The van der Waals surface area contributed by atoms with Crippen molar-refractivity contribution < 1.29 is 24.5 Å². The summed E-state index contributed by atoms with van der Waals surface area (Å²) in [5, 5.41) is 21.5. The maximum Gasteiger partial charge on any atom is 0.294 e. The highest BCUT2D eigenvalue weighted by atomic mass is 32.1. The fraction of sp³-hybridized carbons (Fsp3) is 0.107. The van der Waals surface area contributed by atoms with Gasteiger partial charge in [-0.1, -0.05) is 48.5 Å². The molecule has 0 fully saturated rings. The Morgan fingerprint density at radius 1 is 1.00 bits per heavy atom. The van der Waals surface area contributed by atoms with Crippen LogP contribution in [-0.4, -0.2) is 34.0 Å². The van der Waals surface area contributed by atoms with Gasteiger partial charge in [0.1, 0.15) is 16.5 Å². The number of benzene rings is 3. The predicted octanol–water partition coefficient (Wildman–Crippen LogP) is 5.62. The maximum atomic E-state index is 13.9. The first-order valence-corrected chi connectivity index (χ1v) is 12.0. The fourth-order valence-electron chi connectivity index (χ4n) is 4.27. The molecule has 0 aliphatic carbocycles. The van der Waals surface area contributed by atoms with Gasteiger partial charge in [-0.05, 0) is 36.8 Å². The van der Waals surface area contributed by atoms with Crippen molar-refractivity contribution in [3.63, 3.8) is 0 Å². The number of nitrogens with zero attached hydrogens (tertiary/aromatic N) is 2. The number of aliphatic hydroxyl groups is 1. The molecule has 8 heteroatoms. The predicted molar refractivity (Wildman–Crippen MR) is 138 cm³/mol. The van der Waals surface area contributed by atoms with E-state index in [1.165, 1.54) is 35.5 Å². The number of hydrogen-bond donors (Lipinski definition) is 2. The first-order chi connectivity index (χ1) is 17.4. The van der Waals surface area contributed by atoms with Crippen LogP contribution in [0.2, 0.25) is 0 Å². The number of aliphatic hydroxyl groups excluding tert-OH is 1. The Morgan fingerprint density at radius 3 is 2.42 bits per heavy atom. The summed E-state index contributed by atoms with van der Waals surface area (Å²) in [7, 11) is 1.52. The van der Waals surface area contributed by atoms with Crippen molar-refractivity contribution in [2.24, 2.45) is 0 Å². The van der Waals surface area contributed by atoms with E-state index in [0.717, 1.165) is 5.56 Å². The molecule has 0 spiro atoms. The molecule has 1 aliphatic rings. The van der Waals surface area contributed by atoms with Crippen LogP contribution >= 0.6 is 11.3 Å². The van der Waals surface area contributed by atoms with E-state index in [1.54, 1.807) is 43.3 Å². The number of aromatic hydroxyl groups is 1. The number of ketones is 1. The molecule has 1 atom stereocenters. The van der Waals surface area contributed by atoms with E-state index < -0.39 is 23.5 Å². The molecule has 1 unspecified atom stereocenters. The molecule has 1 aliphatic heterocycles. The van der Waals surface area contributed by atoms with Crippen LogP contribution in [0.25, 0.3) is 10.6 Å². The third-order valence-electron chi connectivity index (χ3n) is 6.02. The van der Waals surface area contributed by atoms with Crippen LogP contribution in [0, 0.1) is 6.92 Å². The number of rotatable bonds is 6. The normalized spacial score (nSPS) is 15.4. The number of anilines is 1. The molecule has 1 aromatic heterocycles. The first kappa shape index (κ1) is 23.3. The highest BCUT2D eigenvalue weighted by Crippen LogP contribution is 2.44. The van der Waals surface area contributed by atoms with Gasteiger partial charge in [-0.3, -0.25) is 14.5 Å². The number of aryl methyl sites for hydroxylation is 1. The van der Waals surface area contributed by atoms with Crippen molar-refractivity contribution in [1.29, 1.82) is 0 Å². The minimum atomic E-state index is -0.917. The SMILES string of the molecule is COc1cccc(N2C(=O)C(O)=C(C(=O)c3sc(-c4ccccc4)nc3C)C2c2ccc(O)cc2)c1. The molecule has 7 nitrogen and oxygen atoms in total. The zero-order valence-corrected chi connectivity index (χ0v) is 20.3. The minimum absolute atomic E-state index is 0.0418. The molecule has 3 aromatic carbocycles. The Bertz CT molecular complexity index is 1490. The lowest BCUT2D eigenvalue weighted by Crippen LogP contribution is -2.31. The number of phenols is 1. The van der Waals surface area contributed by atoms with E-state index in [2.05, 4.69) is 4.98 Å². The molecule has 1 amide bonds. The van der Waals surface area contributed by atoms with Gasteiger partial charge in [0.15, 0.2) is 5.76 Å². The van der Waals surface area contributed by atoms with E-state index in [0.29, 0.717) is 32.6 Å². The summed E-state index contributed by atoms with van der Waals surface area (Å²) in [6.07, 6.45) is 0. The second-order valence-corrected chi connectivity index (χ2v) is 9.26. The van der Waals surface area contributed by atoms with Gasteiger partial charge < -0.3 is 14.9 Å². The van der Waals surface area contributed by atoms with Crippen molar-refractivity contribution in [3.05, 3.63) is 106 Å². The van der Waals surface area contributed by atoms with Crippen LogP contribution in [0.1, 0.15) is 27.0 Å². The lowest BCUT2D eigenvalue weighted by molar-refractivity contribution is -0.117. The number of amides is 1. The van der Waals surface area contributed by atoms with E-state index in [1.807, 2.05) is 30.3 Å². The lowest BCUT2D eigenvalue weighted by atomic mass is 9.94. The number of ether oxygens (including phenoxy) is 1. The summed E-state index contributed by atoms with van der Waals surface area (Å²) >= 11 is 1.22. The third kappa shape index (κ3) is 4.01. The average Bonchev–Trinajstić information content (AvgIpc) is 3.42. The van der Waals surface area contributed by atoms with Gasteiger partial charge in [-0.15, -0.1) is 11.3 Å². The maximum absolute atomic E-state index is 13.9. The largest absolute Gasteiger partial charge is 0.508 e. The van der Waals surface area contributed by atoms with Gasteiger partial charge in [0, 0.05) is 17.3 Å². The van der Waals surface area contributed by atoms with Crippen LogP contribution in [0.15, 0.2) is 90.2 Å². The van der Waals surface area contributed by atoms with E-state index in [-0.39, 0.29) is 11.3 Å². The van der Waals surface area contributed by atoms with Gasteiger partial charge >= 0.3 is 0 Å². The summed E-state index contributed by atoms with van der Waals surface area (Å²) in [5.74, 6) is -1.22. The summed E-state index contributed by atoms with van der Waals surface area (Å²) in [4.78, 5) is 33.6. The Balaban J connectivity index is 1.63. The zero-order chi connectivity index (χ0) is 25.4. The number of thiazole rings is 1. The number of hydrogen-bond acceptors (Lipinski definition) is 7. The van der Waals surface area contributed by atoms with Crippen LogP contribution in [0.5, 0.6) is 11.5 Å². The van der Waals surface area contributed by atoms with Crippen LogP contribution < -0.4 is 9.64 Å². The molecule has 0 bridgehead atoms. The van der Waals surface area contributed by atoms with Gasteiger partial charge in [0.25, 0.3) is 5.91 Å². The second kappa shape index (κ2) is 9.31. The summed E-state index contributed by atoms with van der Waals surface area (Å²) < 4.78 is 5.32. The molecule has 4 aromatic rings. The van der Waals surface area contributed by atoms with Gasteiger partial charge in [-0.25, -0.2) is 4.98 Å². The van der Waals surface area contributed by atoms with E-state index >= 15 is 0 Å². The van der Waals surface area contributed by atoms with Crippen LogP contribution in [-0.2, 0) is 4.79 Å². The van der Waals surface area contributed by atoms with Crippen LogP contribution in [0.3, 0.4) is 0 Å². The quantitative estimate of drug-likeness (QED) is 0.335. The second-order valence-electron chi connectivity index (χ2n) is 8.26. The first-order valence-electron chi connectivity index (χ1n) is 11.2. The van der Waals surface area contributed by atoms with Crippen molar-refractivity contribution in [2.45, 2.75) is 13.0 Å². The number of phenolic OH excluding ortho intramolecular Hbond substituents is 1. The van der Waals surface area contributed by atoms with Crippen molar-refractivity contribution in [2.75, 3.05) is 12.0 Å². The highest BCUT2D eigenvalue weighted by molar-refractivity contribution is 7.17. The zero-order valence-electron chi connectivity index (χ0n) is 19.5. The summed E-state index contributed by atoms with van der Waals surface area (Å²) in [6, 6.07) is 21.6. The van der Waals surface area contributed by atoms with E-state index in [9.17, 15) is 19.8 Å². The Kier molecular flexibility index (Phi) is 6.03. The molecular weight excluding hydrogens is 476 g/mol. The standard InChI is InChI=1S/C28H22N2O5S/c1-16-26(36-27(29-16)18-7-4-3-5-8-18)24(32)22-23(17-11-13-20(31)14-12-17)30(28(34)25(22)33)19-9-6-10-21(15-19)35-2/h3-15,23,31,33H,1-2H3. The van der Waals surface area contributed by atoms with Crippen LogP contribution in [0.4, 0.5) is 5.69 Å². The molecule has 0 saturated heterocycles. The molecule has 2 N–H and O–H groups in total. The minimum Gasteiger partial charge on any atom is -0.508 e. The fourth-order valence-corrected chi connectivity index (χ4v) is 5.30. The molecule has 5 rings (SSSR count). The van der Waals surface area contributed by atoms with Crippen molar-refractivity contribution in [3.8, 4) is 22.1 Å². The molecule has 36 heavy (non-hydrogen) atoms. The average molecular weight is 499 g/mol. The highest BCUT2D eigenvalue weighted by Gasteiger charge is 2.45. The number of methoxy groups -OCH3 is 1. The molecular formula is C28H22N2O5S. The van der Waals surface area contributed by atoms with Gasteiger partial charge in [-0.2, -0.15) is 0 Å². The Hall–Kier alpha value is -4.43.